The minimum atomic E-state index is -0.471. The van der Waals surface area contributed by atoms with Gasteiger partial charge in [-0.3, -0.25) is 4.79 Å². The zero-order valence-corrected chi connectivity index (χ0v) is 13.2. The van der Waals surface area contributed by atoms with Crippen molar-refractivity contribution in [1.29, 1.82) is 0 Å². The van der Waals surface area contributed by atoms with Crippen LogP contribution in [0.1, 0.15) is 26.7 Å². The average Bonchev–Trinajstić information content (AvgIpc) is 2.47. The highest BCUT2D eigenvalue weighted by Crippen LogP contribution is 2.30. The van der Waals surface area contributed by atoms with Crippen LogP contribution in [0.3, 0.4) is 0 Å². The first-order valence-corrected chi connectivity index (χ1v) is 7.55. The van der Waals surface area contributed by atoms with Gasteiger partial charge >= 0.3 is 0 Å². The average molecular weight is 291 g/mol. The molecule has 1 aromatic rings. The zero-order valence-electron chi connectivity index (χ0n) is 13.2. The highest BCUT2D eigenvalue weighted by molar-refractivity contribution is 5.80. The highest BCUT2D eigenvalue weighted by Gasteiger charge is 2.31. The van der Waals surface area contributed by atoms with E-state index in [1.807, 2.05) is 37.4 Å². The van der Waals surface area contributed by atoms with Crippen LogP contribution in [0.15, 0.2) is 30.3 Å². The van der Waals surface area contributed by atoms with Crippen molar-refractivity contribution in [3.8, 4) is 5.75 Å². The van der Waals surface area contributed by atoms with Crippen LogP contribution in [-0.4, -0.2) is 43.7 Å². The fourth-order valence-corrected chi connectivity index (χ4v) is 2.74. The van der Waals surface area contributed by atoms with Crippen molar-refractivity contribution < 1.29 is 14.3 Å². The Hall–Kier alpha value is -1.55. The molecule has 1 fully saturated rings. The van der Waals surface area contributed by atoms with Crippen LogP contribution < -0.4 is 4.74 Å². The van der Waals surface area contributed by atoms with Crippen LogP contribution >= 0.6 is 0 Å². The lowest BCUT2D eigenvalue weighted by Crippen LogP contribution is -2.45. The van der Waals surface area contributed by atoms with Crippen LogP contribution in [0.2, 0.25) is 0 Å². The monoisotopic (exact) mass is 291 g/mol. The molecule has 0 N–H and O–H groups in total. The van der Waals surface area contributed by atoms with E-state index in [1.165, 1.54) is 0 Å². The van der Waals surface area contributed by atoms with Crippen molar-refractivity contribution in [3.63, 3.8) is 0 Å². The number of hydrogen-bond acceptors (Lipinski definition) is 3. The Morgan fingerprint density at radius 3 is 2.57 bits per heavy atom. The van der Waals surface area contributed by atoms with E-state index in [0.717, 1.165) is 38.3 Å². The molecule has 1 aliphatic heterocycles. The molecular weight excluding hydrogens is 266 g/mol. The first-order chi connectivity index (χ1) is 10.0. The lowest BCUT2D eigenvalue weighted by molar-refractivity contribution is -0.138. The Morgan fingerprint density at radius 2 is 1.95 bits per heavy atom. The molecular formula is C17H25NO3. The molecule has 116 valence electrons. The summed E-state index contributed by atoms with van der Waals surface area (Å²) in [6, 6.07) is 9.46. The summed E-state index contributed by atoms with van der Waals surface area (Å²) in [6.45, 7) is 6.35. The fraction of sp³-hybridized carbons (Fsp3) is 0.588. The van der Waals surface area contributed by atoms with Crippen LogP contribution in [0.4, 0.5) is 0 Å². The number of likely N-dealkylation sites (N-methyl/N-ethyl adjacent to an activating group) is 1. The SMILES string of the molecule is C[C@H](Oc1ccccc1)C(=O)N(C)CC1(C)CCOCC1. The van der Waals surface area contributed by atoms with Crippen LogP contribution in [-0.2, 0) is 9.53 Å². The molecule has 1 amide bonds. The molecule has 2 rings (SSSR count). The Kier molecular flexibility index (Phi) is 5.23. The van der Waals surface area contributed by atoms with E-state index < -0.39 is 6.10 Å². The van der Waals surface area contributed by atoms with E-state index in [0.29, 0.717) is 0 Å². The Labute approximate surface area is 127 Å². The molecule has 1 heterocycles. The van der Waals surface area contributed by atoms with Crippen LogP contribution in [0.25, 0.3) is 0 Å². The summed E-state index contributed by atoms with van der Waals surface area (Å²) in [7, 11) is 1.86. The van der Waals surface area contributed by atoms with E-state index in [-0.39, 0.29) is 11.3 Å². The minimum absolute atomic E-state index is 0.0200. The third-order valence-electron chi connectivity index (χ3n) is 4.10. The number of para-hydroxylation sites is 1. The molecule has 1 aliphatic rings. The van der Waals surface area contributed by atoms with E-state index in [1.54, 1.807) is 11.8 Å². The summed E-state index contributed by atoms with van der Waals surface area (Å²) >= 11 is 0. The molecule has 4 heteroatoms. The second kappa shape index (κ2) is 6.94. The van der Waals surface area contributed by atoms with Gasteiger partial charge in [0.1, 0.15) is 5.75 Å². The first-order valence-electron chi connectivity index (χ1n) is 7.55. The van der Waals surface area contributed by atoms with Gasteiger partial charge in [0.15, 0.2) is 6.10 Å². The van der Waals surface area contributed by atoms with E-state index in [4.69, 9.17) is 9.47 Å². The third-order valence-corrected chi connectivity index (χ3v) is 4.10. The van der Waals surface area contributed by atoms with Gasteiger partial charge in [-0.1, -0.05) is 25.1 Å². The maximum absolute atomic E-state index is 12.4. The predicted octanol–water partition coefficient (Wildman–Crippen LogP) is 2.73. The number of nitrogens with zero attached hydrogens (tertiary/aromatic N) is 1. The zero-order chi connectivity index (χ0) is 15.3. The number of carbonyl (C=O) groups excluding carboxylic acids is 1. The highest BCUT2D eigenvalue weighted by atomic mass is 16.5. The van der Waals surface area contributed by atoms with Crippen LogP contribution in [0, 0.1) is 5.41 Å². The number of carbonyl (C=O) groups is 1. The maximum atomic E-state index is 12.4. The van der Waals surface area contributed by atoms with Gasteiger partial charge in [0.2, 0.25) is 0 Å². The lowest BCUT2D eigenvalue weighted by Gasteiger charge is -2.37. The predicted molar refractivity (Wildman–Crippen MR) is 82.3 cm³/mol. The molecule has 0 unspecified atom stereocenters. The van der Waals surface area contributed by atoms with Crippen molar-refractivity contribution >= 4 is 5.91 Å². The first kappa shape index (κ1) is 15.8. The molecule has 21 heavy (non-hydrogen) atoms. The molecule has 0 aromatic heterocycles. The van der Waals surface area contributed by atoms with Gasteiger partial charge < -0.3 is 14.4 Å². The van der Waals surface area contributed by atoms with Crippen molar-refractivity contribution in [3.05, 3.63) is 30.3 Å². The van der Waals surface area contributed by atoms with Gasteiger partial charge in [0, 0.05) is 26.8 Å². The Balaban J connectivity index is 1.89. The van der Waals surface area contributed by atoms with E-state index >= 15 is 0 Å². The quantitative estimate of drug-likeness (QED) is 0.837. The number of rotatable bonds is 5. The summed E-state index contributed by atoms with van der Waals surface area (Å²) in [6.07, 6.45) is 1.53. The summed E-state index contributed by atoms with van der Waals surface area (Å²) in [4.78, 5) is 14.2. The van der Waals surface area contributed by atoms with Gasteiger partial charge in [-0.05, 0) is 37.3 Å². The molecule has 1 aromatic carbocycles. The molecule has 0 aliphatic carbocycles. The summed E-state index contributed by atoms with van der Waals surface area (Å²) < 4.78 is 11.1. The van der Waals surface area contributed by atoms with Gasteiger partial charge in [0.05, 0.1) is 0 Å². The summed E-state index contributed by atoms with van der Waals surface area (Å²) in [5.74, 6) is 0.746. The molecule has 0 spiro atoms. The number of ether oxygens (including phenoxy) is 2. The van der Waals surface area contributed by atoms with Crippen LogP contribution in [0.5, 0.6) is 5.75 Å². The normalized spacial score (nSPS) is 18.8. The molecule has 0 saturated carbocycles. The van der Waals surface area contributed by atoms with Crippen molar-refractivity contribution in [2.75, 3.05) is 26.8 Å². The van der Waals surface area contributed by atoms with Gasteiger partial charge in [0.25, 0.3) is 5.91 Å². The molecule has 0 radical (unpaired) electrons. The number of amides is 1. The molecule has 1 atom stereocenters. The van der Waals surface area contributed by atoms with Crippen molar-refractivity contribution in [2.45, 2.75) is 32.8 Å². The topological polar surface area (TPSA) is 38.8 Å². The smallest absolute Gasteiger partial charge is 0.263 e. The minimum Gasteiger partial charge on any atom is -0.481 e. The van der Waals surface area contributed by atoms with E-state index in [9.17, 15) is 4.79 Å². The third kappa shape index (κ3) is 4.46. The lowest BCUT2D eigenvalue weighted by atomic mass is 9.82. The Morgan fingerprint density at radius 1 is 1.33 bits per heavy atom. The molecule has 4 nitrogen and oxygen atoms in total. The van der Waals surface area contributed by atoms with Crippen molar-refractivity contribution in [2.24, 2.45) is 5.41 Å². The Bertz CT molecular complexity index is 454. The standard InChI is InChI=1S/C17H25NO3/c1-14(21-15-7-5-4-6-8-15)16(19)18(3)13-17(2)9-11-20-12-10-17/h4-8,14H,9-13H2,1-3H3/t14-/m0/s1. The summed E-state index contributed by atoms with van der Waals surface area (Å²) in [5, 5.41) is 0. The summed E-state index contributed by atoms with van der Waals surface area (Å²) in [5.41, 5.74) is 0.148. The number of hydrogen-bond donors (Lipinski definition) is 0. The second-order valence-corrected chi connectivity index (χ2v) is 6.19. The van der Waals surface area contributed by atoms with Gasteiger partial charge in [-0.2, -0.15) is 0 Å². The van der Waals surface area contributed by atoms with E-state index in [2.05, 4.69) is 6.92 Å². The molecule has 0 bridgehead atoms. The number of benzene rings is 1. The van der Waals surface area contributed by atoms with Crippen molar-refractivity contribution in [1.82, 2.24) is 4.90 Å². The molecule has 1 saturated heterocycles. The fourth-order valence-electron chi connectivity index (χ4n) is 2.74. The maximum Gasteiger partial charge on any atom is 0.263 e. The second-order valence-electron chi connectivity index (χ2n) is 6.19. The van der Waals surface area contributed by atoms with Gasteiger partial charge in [-0.25, -0.2) is 0 Å². The van der Waals surface area contributed by atoms with Gasteiger partial charge in [-0.15, -0.1) is 0 Å². The largest absolute Gasteiger partial charge is 0.481 e.